The van der Waals surface area contributed by atoms with Crippen molar-refractivity contribution in [2.45, 2.75) is 19.8 Å². The number of benzene rings is 1. The van der Waals surface area contributed by atoms with Gasteiger partial charge in [0.1, 0.15) is 0 Å². The molecule has 3 nitrogen and oxygen atoms in total. The molecule has 0 spiro atoms. The minimum atomic E-state index is -0.581. The highest BCUT2D eigenvalue weighted by molar-refractivity contribution is 5.44. The highest BCUT2D eigenvalue weighted by Crippen LogP contribution is 2.35. The largest absolute Gasteiger partial charge is 0.428 e. The monoisotopic (exact) mass is 180 g/mol. The van der Waals surface area contributed by atoms with E-state index in [1.807, 2.05) is 18.2 Å². The zero-order valence-corrected chi connectivity index (χ0v) is 7.74. The Hall–Kier alpha value is -1.22. The summed E-state index contributed by atoms with van der Waals surface area (Å²) in [5.41, 5.74) is 1.24. The first-order valence-electron chi connectivity index (χ1n) is 4.32. The summed E-state index contributed by atoms with van der Waals surface area (Å²) in [4.78, 5) is 0. The fourth-order valence-corrected chi connectivity index (χ4v) is 1.29. The van der Waals surface area contributed by atoms with Gasteiger partial charge < -0.3 is 14.2 Å². The molecule has 0 saturated heterocycles. The van der Waals surface area contributed by atoms with Gasteiger partial charge in [-0.3, -0.25) is 0 Å². The molecule has 0 aliphatic carbocycles. The molecule has 2 rings (SSSR count). The first-order valence-corrected chi connectivity index (χ1v) is 4.32. The zero-order chi connectivity index (χ0) is 9.26. The van der Waals surface area contributed by atoms with Crippen LogP contribution in [0.15, 0.2) is 18.2 Å². The smallest absolute Gasteiger partial charge is 0.360 e. The molecule has 13 heavy (non-hydrogen) atoms. The topological polar surface area (TPSA) is 27.7 Å². The van der Waals surface area contributed by atoms with Crippen LogP contribution in [0.1, 0.15) is 12.5 Å². The lowest BCUT2D eigenvalue weighted by atomic mass is 10.1. The third-order valence-electron chi connectivity index (χ3n) is 2.06. The lowest BCUT2D eigenvalue weighted by Crippen LogP contribution is -2.19. The van der Waals surface area contributed by atoms with Gasteiger partial charge in [0, 0.05) is 7.11 Å². The fraction of sp³-hybridized carbons (Fsp3) is 0.400. The molecule has 0 bridgehead atoms. The third-order valence-corrected chi connectivity index (χ3v) is 2.06. The summed E-state index contributed by atoms with van der Waals surface area (Å²) in [5, 5.41) is 0. The van der Waals surface area contributed by atoms with Gasteiger partial charge in [-0.05, 0) is 24.1 Å². The molecule has 1 heterocycles. The molecule has 1 aliphatic rings. The lowest BCUT2D eigenvalue weighted by Gasteiger charge is -2.05. The average Bonchev–Trinajstić information content (AvgIpc) is 2.58. The highest BCUT2D eigenvalue weighted by Gasteiger charge is 2.23. The molecule has 1 aliphatic heterocycles. The van der Waals surface area contributed by atoms with Gasteiger partial charge in [-0.1, -0.05) is 13.0 Å². The van der Waals surface area contributed by atoms with Gasteiger partial charge >= 0.3 is 6.48 Å². The van der Waals surface area contributed by atoms with Gasteiger partial charge in [0.25, 0.3) is 0 Å². The molecule has 0 saturated carbocycles. The summed E-state index contributed by atoms with van der Waals surface area (Å²) in [6.45, 7) is 1.52. The second-order valence-electron chi connectivity index (χ2n) is 2.89. The number of fused-ring (bicyclic) bond motifs is 1. The van der Waals surface area contributed by atoms with Gasteiger partial charge in [0.05, 0.1) is 0 Å². The Labute approximate surface area is 77.2 Å². The van der Waals surface area contributed by atoms with Crippen molar-refractivity contribution in [3.63, 3.8) is 0 Å². The van der Waals surface area contributed by atoms with Crippen LogP contribution in [0.2, 0.25) is 0 Å². The maximum Gasteiger partial charge on any atom is 0.360 e. The summed E-state index contributed by atoms with van der Waals surface area (Å²) in [5.74, 6) is 1.52. The predicted octanol–water partition coefficient (Wildman–Crippen LogP) is 1.95. The SMILES string of the molecule is CCc1ccc2c(c1)OC(OC)O2. The minimum absolute atomic E-state index is 0.581. The van der Waals surface area contributed by atoms with E-state index in [2.05, 4.69) is 6.92 Å². The van der Waals surface area contributed by atoms with Crippen LogP contribution in [0.4, 0.5) is 0 Å². The zero-order valence-electron chi connectivity index (χ0n) is 7.74. The minimum Gasteiger partial charge on any atom is -0.428 e. The highest BCUT2D eigenvalue weighted by atomic mass is 16.9. The van der Waals surface area contributed by atoms with Gasteiger partial charge in [-0.25, -0.2) is 0 Å². The lowest BCUT2D eigenvalue weighted by molar-refractivity contribution is -0.157. The summed E-state index contributed by atoms with van der Waals surface area (Å²) < 4.78 is 15.6. The van der Waals surface area contributed by atoms with E-state index >= 15 is 0 Å². The molecule has 0 amide bonds. The van der Waals surface area contributed by atoms with Crippen LogP contribution in [0, 0.1) is 0 Å². The van der Waals surface area contributed by atoms with Crippen LogP contribution in [-0.4, -0.2) is 13.6 Å². The third kappa shape index (κ3) is 1.47. The van der Waals surface area contributed by atoms with Gasteiger partial charge in [-0.15, -0.1) is 0 Å². The summed E-state index contributed by atoms with van der Waals surface area (Å²) in [7, 11) is 1.55. The normalized spacial score (nSPS) is 19.1. The second-order valence-corrected chi connectivity index (χ2v) is 2.89. The molecular weight excluding hydrogens is 168 g/mol. The fourth-order valence-electron chi connectivity index (χ4n) is 1.29. The molecule has 1 atom stereocenters. The number of aryl methyl sites for hydroxylation is 1. The maximum atomic E-state index is 5.35. The predicted molar refractivity (Wildman–Crippen MR) is 47.9 cm³/mol. The molecule has 1 aromatic carbocycles. The molecular formula is C10H12O3. The summed E-state index contributed by atoms with van der Waals surface area (Å²) in [6.07, 6.45) is 0.994. The van der Waals surface area contributed by atoms with Crippen molar-refractivity contribution in [3.8, 4) is 11.5 Å². The Morgan fingerprint density at radius 3 is 2.77 bits per heavy atom. The Balaban J connectivity index is 2.25. The van der Waals surface area contributed by atoms with E-state index in [-0.39, 0.29) is 0 Å². The molecule has 0 fully saturated rings. The average molecular weight is 180 g/mol. The van der Waals surface area contributed by atoms with Crippen LogP contribution < -0.4 is 9.47 Å². The Kier molecular flexibility index (Phi) is 2.10. The van der Waals surface area contributed by atoms with E-state index in [1.165, 1.54) is 5.56 Å². The first kappa shape index (κ1) is 8.38. The van der Waals surface area contributed by atoms with E-state index in [0.29, 0.717) is 0 Å². The van der Waals surface area contributed by atoms with Crippen molar-refractivity contribution >= 4 is 0 Å². The van der Waals surface area contributed by atoms with Crippen LogP contribution in [0.5, 0.6) is 11.5 Å². The molecule has 70 valence electrons. The van der Waals surface area contributed by atoms with Gasteiger partial charge in [0.2, 0.25) is 0 Å². The van der Waals surface area contributed by atoms with E-state index in [0.717, 1.165) is 17.9 Å². The molecule has 0 aromatic heterocycles. The molecule has 1 aromatic rings. The van der Waals surface area contributed by atoms with Gasteiger partial charge in [-0.2, -0.15) is 0 Å². The molecule has 1 unspecified atom stereocenters. The maximum absolute atomic E-state index is 5.35. The van der Waals surface area contributed by atoms with Crippen molar-refractivity contribution in [2.75, 3.05) is 7.11 Å². The summed E-state index contributed by atoms with van der Waals surface area (Å²) >= 11 is 0. The quantitative estimate of drug-likeness (QED) is 0.696. The van der Waals surface area contributed by atoms with Crippen LogP contribution in [0.25, 0.3) is 0 Å². The summed E-state index contributed by atoms with van der Waals surface area (Å²) in [6, 6.07) is 5.92. The number of rotatable bonds is 2. The standard InChI is InChI=1S/C10H12O3/c1-3-7-4-5-8-9(6-7)13-10(11-2)12-8/h4-6,10H,3H2,1-2H3. The van der Waals surface area contributed by atoms with Crippen molar-refractivity contribution in [2.24, 2.45) is 0 Å². The van der Waals surface area contributed by atoms with E-state index in [1.54, 1.807) is 7.11 Å². The van der Waals surface area contributed by atoms with E-state index < -0.39 is 6.48 Å². The molecule has 0 N–H and O–H groups in total. The van der Waals surface area contributed by atoms with E-state index in [4.69, 9.17) is 14.2 Å². The van der Waals surface area contributed by atoms with Crippen molar-refractivity contribution in [1.82, 2.24) is 0 Å². The number of ether oxygens (including phenoxy) is 3. The van der Waals surface area contributed by atoms with Crippen molar-refractivity contribution < 1.29 is 14.2 Å². The van der Waals surface area contributed by atoms with Crippen molar-refractivity contribution in [3.05, 3.63) is 23.8 Å². The van der Waals surface area contributed by atoms with Crippen LogP contribution >= 0.6 is 0 Å². The second kappa shape index (κ2) is 3.26. The molecule has 3 heteroatoms. The first-order chi connectivity index (χ1) is 6.33. The molecule has 0 radical (unpaired) electrons. The number of hydrogen-bond acceptors (Lipinski definition) is 3. The Morgan fingerprint density at radius 1 is 1.31 bits per heavy atom. The number of hydrogen-bond donors (Lipinski definition) is 0. The number of methoxy groups -OCH3 is 1. The van der Waals surface area contributed by atoms with Gasteiger partial charge in [0.15, 0.2) is 11.5 Å². The van der Waals surface area contributed by atoms with Crippen LogP contribution in [-0.2, 0) is 11.2 Å². The Morgan fingerprint density at radius 2 is 2.08 bits per heavy atom. The van der Waals surface area contributed by atoms with Crippen LogP contribution in [0.3, 0.4) is 0 Å². The van der Waals surface area contributed by atoms with Crippen molar-refractivity contribution in [1.29, 1.82) is 0 Å². The Bertz CT molecular complexity index is 309. The van der Waals surface area contributed by atoms with E-state index in [9.17, 15) is 0 Å².